The largest absolute Gasteiger partial charge is 0.352 e. The quantitative estimate of drug-likeness (QED) is 0.725. The number of hydrogen-bond acceptors (Lipinski definition) is 4. The summed E-state index contributed by atoms with van der Waals surface area (Å²) in [6.07, 6.45) is 1.88. The fraction of sp³-hybridized carbons (Fsp3) is 0.462. The highest BCUT2D eigenvalue weighted by atomic mass is 32.2. The van der Waals surface area contributed by atoms with Gasteiger partial charge in [0.1, 0.15) is 0 Å². The molecule has 20 heavy (non-hydrogen) atoms. The Labute approximate surface area is 118 Å². The van der Waals surface area contributed by atoms with Gasteiger partial charge >= 0.3 is 0 Å². The van der Waals surface area contributed by atoms with Crippen molar-refractivity contribution in [3.63, 3.8) is 0 Å². The van der Waals surface area contributed by atoms with Crippen molar-refractivity contribution in [2.24, 2.45) is 11.1 Å². The van der Waals surface area contributed by atoms with E-state index in [1.807, 2.05) is 0 Å². The summed E-state index contributed by atoms with van der Waals surface area (Å²) in [4.78, 5) is 12.0. The van der Waals surface area contributed by atoms with Gasteiger partial charge in [-0.15, -0.1) is 0 Å². The lowest BCUT2D eigenvalue weighted by Crippen LogP contribution is -2.40. The lowest BCUT2D eigenvalue weighted by atomic mass is 9.99. The zero-order valence-corrected chi connectivity index (χ0v) is 11.9. The summed E-state index contributed by atoms with van der Waals surface area (Å²) in [5.41, 5.74) is 0.716. The number of benzene rings is 1. The molecule has 1 heterocycles. The molecule has 1 aliphatic rings. The van der Waals surface area contributed by atoms with Gasteiger partial charge in [-0.3, -0.25) is 4.79 Å². The van der Waals surface area contributed by atoms with E-state index < -0.39 is 10.0 Å². The summed E-state index contributed by atoms with van der Waals surface area (Å²) in [5.74, 6) is -0.0108. The van der Waals surface area contributed by atoms with E-state index in [0.29, 0.717) is 18.7 Å². The van der Waals surface area contributed by atoms with Crippen molar-refractivity contribution in [2.75, 3.05) is 13.1 Å². The second-order valence-corrected chi connectivity index (χ2v) is 6.51. The molecule has 1 amide bonds. The first-order valence-electron chi connectivity index (χ1n) is 6.57. The highest BCUT2D eigenvalue weighted by Gasteiger charge is 2.20. The number of amides is 1. The minimum Gasteiger partial charge on any atom is -0.352 e. The second-order valence-electron chi connectivity index (χ2n) is 4.95. The van der Waals surface area contributed by atoms with Crippen LogP contribution in [0.15, 0.2) is 29.2 Å². The molecule has 0 aromatic heterocycles. The Bertz CT molecular complexity index is 580. The lowest BCUT2D eigenvalue weighted by molar-refractivity contribution is -0.125. The molecule has 0 unspecified atom stereocenters. The fourth-order valence-electron chi connectivity index (χ4n) is 2.24. The Morgan fingerprint density at radius 2 is 2.25 bits per heavy atom. The van der Waals surface area contributed by atoms with Crippen LogP contribution in [-0.4, -0.2) is 27.4 Å². The van der Waals surface area contributed by atoms with Crippen LogP contribution in [0.1, 0.15) is 18.4 Å². The number of carbonyl (C=O) groups is 1. The molecule has 4 N–H and O–H groups in total. The monoisotopic (exact) mass is 297 g/mol. The number of hydrogen-bond donors (Lipinski definition) is 3. The van der Waals surface area contributed by atoms with Gasteiger partial charge in [0, 0.05) is 13.1 Å². The maximum atomic E-state index is 12.0. The molecule has 6 nitrogen and oxygen atoms in total. The number of nitrogens with two attached hydrogens (primary N) is 1. The lowest BCUT2D eigenvalue weighted by Gasteiger charge is -2.21. The number of sulfonamides is 1. The Balaban J connectivity index is 1.95. The van der Waals surface area contributed by atoms with E-state index in [0.717, 1.165) is 19.4 Å². The van der Waals surface area contributed by atoms with Crippen molar-refractivity contribution in [1.29, 1.82) is 0 Å². The average Bonchev–Trinajstić information content (AvgIpc) is 2.45. The van der Waals surface area contributed by atoms with Crippen LogP contribution in [0.3, 0.4) is 0 Å². The Morgan fingerprint density at radius 1 is 1.45 bits per heavy atom. The number of primary sulfonamides is 1. The van der Waals surface area contributed by atoms with Gasteiger partial charge in [-0.1, -0.05) is 12.1 Å². The molecule has 2 rings (SSSR count). The van der Waals surface area contributed by atoms with E-state index in [4.69, 9.17) is 5.14 Å². The van der Waals surface area contributed by atoms with E-state index >= 15 is 0 Å². The molecule has 0 aliphatic carbocycles. The highest BCUT2D eigenvalue weighted by Crippen LogP contribution is 2.12. The summed E-state index contributed by atoms with van der Waals surface area (Å²) in [7, 11) is -3.71. The highest BCUT2D eigenvalue weighted by molar-refractivity contribution is 7.89. The molecule has 1 fully saturated rings. The van der Waals surface area contributed by atoms with Crippen molar-refractivity contribution in [1.82, 2.24) is 10.6 Å². The Morgan fingerprint density at radius 3 is 2.90 bits per heavy atom. The molecule has 7 heteroatoms. The smallest absolute Gasteiger partial charge is 0.238 e. The number of piperidine rings is 1. The van der Waals surface area contributed by atoms with Crippen LogP contribution in [-0.2, 0) is 21.4 Å². The van der Waals surface area contributed by atoms with E-state index in [2.05, 4.69) is 10.6 Å². The minimum atomic E-state index is -3.71. The molecule has 0 spiro atoms. The Kier molecular flexibility index (Phi) is 4.74. The Hall–Kier alpha value is -1.44. The third-order valence-electron chi connectivity index (χ3n) is 3.36. The van der Waals surface area contributed by atoms with Crippen molar-refractivity contribution in [3.8, 4) is 0 Å². The summed E-state index contributed by atoms with van der Waals surface area (Å²) < 4.78 is 22.5. The first kappa shape index (κ1) is 15.0. The zero-order chi connectivity index (χ0) is 14.6. The summed E-state index contributed by atoms with van der Waals surface area (Å²) in [6, 6.07) is 6.29. The standard InChI is InChI=1S/C13H19N3O3S/c14-20(18,19)12-5-1-3-10(7-12)8-16-13(17)11-4-2-6-15-9-11/h1,3,5,7,11,15H,2,4,6,8-9H2,(H,16,17)(H2,14,18,19)/t11-/m1/s1. The minimum absolute atomic E-state index is 0.00166. The SMILES string of the molecule is NS(=O)(=O)c1cccc(CNC(=O)[C@@H]2CCCNC2)c1. The molecule has 1 saturated heterocycles. The van der Waals surface area contributed by atoms with Gasteiger partial charge < -0.3 is 10.6 Å². The van der Waals surface area contributed by atoms with Gasteiger partial charge in [0.05, 0.1) is 10.8 Å². The van der Waals surface area contributed by atoms with Crippen LogP contribution in [0.4, 0.5) is 0 Å². The summed E-state index contributed by atoms with van der Waals surface area (Å²) in [6.45, 7) is 1.96. The van der Waals surface area contributed by atoms with E-state index in [1.54, 1.807) is 12.1 Å². The molecule has 0 bridgehead atoms. The maximum Gasteiger partial charge on any atom is 0.238 e. The molecule has 1 atom stereocenters. The van der Waals surface area contributed by atoms with Crippen molar-refractivity contribution >= 4 is 15.9 Å². The van der Waals surface area contributed by atoms with Crippen LogP contribution in [0, 0.1) is 5.92 Å². The molecule has 1 aliphatic heterocycles. The van der Waals surface area contributed by atoms with Gasteiger partial charge in [-0.2, -0.15) is 0 Å². The van der Waals surface area contributed by atoms with Crippen molar-refractivity contribution in [2.45, 2.75) is 24.3 Å². The van der Waals surface area contributed by atoms with Gasteiger partial charge in [0.15, 0.2) is 0 Å². The van der Waals surface area contributed by atoms with Gasteiger partial charge in [0.25, 0.3) is 0 Å². The van der Waals surface area contributed by atoms with Crippen LogP contribution in [0.2, 0.25) is 0 Å². The average molecular weight is 297 g/mol. The molecule has 0 radical (unpaired) electrons. The first-order valence-corrected chi connectivity index (χ1v) is 8.11. The fourth-order valence-corrected chi connectivity index (χ4v) is 2.83. The molecule has 1 aromatic rings. The number of carbonyl (C=O) groups excluding carboxylic acids is 1. The van der Waals surface area contributed by atoms with E-state index in [-0.39, 0.29) is 16.7 Å². The third kappa shape index (κ3) is 4.03. The van der Waals surface area contributed by atoms with Crippen molar-refractivity contribution in [3.05, 3.63) is 29.8 Å². The predicted octanol–water partition coefficient (Wildman–Crippen LogP) is -0.0502. The molecule has 1 aromatic carbocycles. The topological polar surface area (TPSA) is 101 Å². The van der Waals surface area contributed by atoms with Crippen LogP contribution >= 0.6 is 0 Å². The summed E-state index contributed by atoms with van der Waals surface area (Å²) in [5, 5.41) is 11.1. The molecule has 110 valence electrons. The molecule has 0 saturated carbocycles. The second kappa shape index (κ2) is 6.34. The summed E-state index contributed by atoms with van der Waals surface area (Å²) >= 11 is 0. The van der Waals surface area contributed by atoms with Crippen molar-refractivity contribution < 1.29 is 13.2 Å². The molecular formula is C13H19N3O3S. The zero-order valence-electron chi connectivity index (χ0n) is 11.1. The van der Waals surface area contributed by atoms with Gasteiger partial charge in [0.2, 0.25) is 15.9 Å². The third-order valence-corrected chi connectivity index (χ3v) is 4.27. The predicted molar refractivity (Wildman–Crippen MR) is 75.3 cm³/mol. The maximum absolute atomic E-state index is 12.0. The van der Waals surface area contributed by atoms with Crippen LogP contribution < -0.4 is 15.8 Å². The van der Waals surface area contributed by atoms with E-state index in [1.165, 1.54) is 12.1 Å². The number of nitrogens with one attached hydrogen (secondary N) is 2. The normalized spacial score (nSPS) is 19.6. The number of rotatable bonds is 4. The van der Waals surface area contributed by atoms with E-state index in [9.17, 15) is 13.2 Å². The van der Waals surface area contributed by atoms with Crippen LogP contribution in [0.25, 0.3) is 0 Å². The first-order chi connectivity index (χ1) is 9.47. The van der Waals surface area contributed by atoms with Gasteiger partial charge in [-0.25, -0.2) is 13.6 Å². The molecular weight excluding hydrogens is 278 g/mol. The van der Waals surface area contributed by atoms with Gasteiger partial charge in [-0.05, 0) is 37.1 Å². The van der Waals surface area contributed by atoms with Crippen LogP contribution in [0.5, 0.6) is 0 Å².